The molecule has 0 aliphatic rings. The lowest BCUT2D eigenvalue weighted by Crippen LogP contribution is -2.15. The Bertz CT molecular complexity index is 1470. The first-order valence-corrected chi connectivity index (χ1v) is 11.7. The van der Waals surface area contributed by atoms with Gasteiger partial charge in [0.2, 0.25) is 6.86 Å². The molecule has 1 heterocycles. The molecule has 0 aliphatic heterocycles. The minimum absolute atomic E-state index is 0.0267. The van der Waals surface area contributed by atoms with Gasteiger partial charge in [-0.1, -0.05) is 30.3 Å². The van der Waals surface area contributed by atoms with Gasteiger partial charge in [0.15, 0.2) is 11.6 Å². The van der Waals surface area contributed by atoms with Gasteiger partial charge in [0, 0.05) is 18.1 Å². The van der Waals surface area contributed by atoms with Gasteiger partial charge in [-0.2, -0.15) is 0 Å². The summed E-state index contributed by atoms with van der Waals surface area (Å²) in [5.74, 6) is -2.93. The Hall–Kier alpha value is -4.37. The molecule has 0 saturated heterocycles. The molecule has 1 atom stereocenters. The van der Waals surface area contributed by atoms with Crippen molar-refractivity contribution in [3.8, 4) is 11.5 Å². The Kier molecular flexibility index (Phi) is 8.60. The molecule has 0 bridgehead atoms. The van der Waals surface area contributed by atoms with E-state index in [1.165, 1.54) is 18.2 Å². The quantitative estimate of drug-likeness (QED) is 0.232. The van der Waals surface area contributed by atoms with Crippen LogP contribution in [0.3, 0.4) is 0 Å². The number of fused-ring (bicyclic) bond motifs is 1. The highest BCUT2D eigenvalue weighted by Gasteiger charge is 2.17. The average molecular weight is 524 g/mol. The number of carbonyl (C=O) groups is 1. The van der Waals surface area contributed by atoms with Gasteiger partial charge >= 0.3 is 5.97 Å². The van der Waals surface area contributed by atoms with Crippen molar-refractivity contribution in [2.75, 3.05) is 20.1 Å². The lowest BCUT2D eigenvalue weighted by atomic mass is 10.1. The molecule has 0 aliphatic carbocycles. The largest absolute Gasteiger partial charge is 0.490 e. The summed E-state index contributed by atoms with van der Waals surface area (Å²) in [4.78, 5) is 16.0. The lowest BCUT2D eigenvalue weighted by molar-refractivity contribution is 0.0259. The molecule has 1 aromatic heterocycles. The van der Waals surface area contributed by atoms with Crippen molar-refractivity contribution in [3.63, 3.8) is 0 Å². The summed E-state index contributed by atoms with van der Waals surface area (Å²) in [6, 6.07) is 17.1. The Balaban J connectivity index is 1.52. The number of halogens is 3. The number of hydrogen-bond acceptors (Lipinski definition) is 5. The van der Waals surface area contributed by atoms with Crippen LogP contribution in [0, 0.1) is 11.6 Å². The minimum atomic E-state index is -1.24. The zero-order valence-electron chi connectivity index (χ0n) is 20.4. The van der Waals surface area contributed by atoms with E-state index in [0.717, 1.165) is 23.3 Å². The molecule has 0 radical (unpaired) electrons. The summed E-state index contributed by atoms with van der Waals surface area (Å²) >= 11 is 0. The van der Waals surface area contributed by atoms with Crippen LogP contribution >= 0.6 is 0 Å². The Morgan fingerprint density at radius 2 is 1.82 bits per heavy atom. The van der Waals surface area contributed by atoms with Crippen LogP contribution in [0.5, 0.6) is 11.5 Å². The van der Waals surface area contributed by atoms with Crippen molar-refractivity contribution in [2.45, 2.75) is 13.0 Å². The summed E-state index contributed by atoms with van der Waals surface area (Å²) in [7, 11) is 0. The molecule has 0 amide bonds. The fourth-order valence-electron chi connectivity index (χ4n) is 3.83. The van der Waals surface area contributed by atoms with E-state index in [1.54, 1.807) is 18.2 Å². The van der Waals surface area contributed by atoms with Crippen molar-refractivity contribution in [2.24, 2.45) is 0 Å². The summed E-state index contributed by atoms with van der Waals surface area (Å²) < 4.78 is 55.9. The summed E-state index contributed by atoms with van der Waals surface area (Å²) in [5, 5.41) is 10.0. The SMILES string of the molecule is CCO[C@@H](COc1ccc(OCF)cc1C(=O)O)c1cccc(/C=C/c2ccc3cc(F)c(F)cc3n2)c1. The van der Waals surface area contributed by atoms with E-state index in [9.17, 15) is 23.1 Å². The number of aromatic nitrogens is 1. The fourth-order valence-corrected chi connectivity index (χ4v) is 3.83. The molecule has 4 aromatic rings. The monoisotopic (exact) mass is 523 g/mol. The highest BCUT2D eigenvalue weighted by Crippen LogP contribution is 2.27. The van der Waals surface area contributed by atoms with Crippen molar-refractivity contribution in [1.82, 2.24) is 4.98 Å². The highest BCUT2D eigenvalue weighted by molar-refractivity contribution is 5.91. The van der Waals surface area contributed by atoms with Gasteiger partial charge < -0.3 is 19.3 Å². The number of benzene rings is 3. The van der Waals surface area contributed by atoms with E-state index in [1.807, 2.05) is 37.3 Å². The molecule has 0 unspecified atom stereocenters. The maximum Gasteiger partial charge on any atom is 0.339 e. The number of carboxylic acid groups (broad SMARTS) is 1. The number of pyridine rings is 1. The van der Waals surface area contributed by atoms with Gasteiger partial charge in [-0.15, -0.1) is 0 Å². The summed E-state index contributed by atoms with van der Waals surface area (Å²) in [5.41, 5.74) is 2.39. The van der Waals surface area contributed by atoms with Crippen LogP contribution in [0.2, 0.25) is 0 Å². The maximum atomic E-state index is 13.6. The first-order valence-electron chi connectivity index (χ1n) is 11.7. The van der Waals surface area contributed by atoms with Gasteiger partial charge in [-0.3, -0.25) is 0 Å². The second-order valence-corrected chi connectivity index (χ2v) is 8.17. The van der Waals surface area contributed by atoms with Gasteiger partial charge in [0.05, 0.1) is 11.2 Å². The second-order valence-electron chi connectivity index (χ2n) is 8.17. The van der Waals surface area contributed by atoms with E-state index < -0.39 is 30.6 Å². The van der Waals surface area contributed by atoms with Gasteiger partial charge in [-0.25, -0.2) is 22.9 Å². The van der Waals surface area contributed by atoms with Crippen LogP contribution in [0.1, 0.15) is 40.2 Å². The van der Waals surface area contributed by atoms with E-state index in [0.29, 0.717) is 23.2 Å². The normalized spacial score (nSPS) is 12.1. The number of hydrogen-bond donors (Lipinski definition) is 1. The zero-order valence-corrected chi connectivity index (χ0v) is 20.4. The molecular formula is C29H24F3NO5. The van der Waals surface area contributed by atoms with Gasteiger partial charge in [0.25, 0.3) is 0 Å². The van der Waals surface area contributed by atoms with Crippen LogP contribution < -0.4 is 9.47 Å². The minimum Gasteiger partial charge on any atom is -0.490 e. The number of alkyl halides is 1. The van der Waals surface area contributed by atoms with E-state index in [-0.39, 0.29) is 23.7 Å². The highest BCUT2D eigenvalue weighted by atomic mass is 19.2. The van der Waals surface area contributed by atoms with Crippen LogP contribution in [0.4, 0.5) is 13.2 Å². The van der Waals surface area contributed by atoms with Crippen molar-refractivity contribution in [3.05, 3.63) is 101 Å². The number of aromatic carboxylic acids is 1. The Labute approximate surface area is 216 Å². The van der Waals surface area contributed by atoms with E-state index in [2.05, 4.69) is 4.98 Å². The van der Waals surface area contributed by atoms with Crippen molar-refractivity contribution >= 4 is 29.0 Å². The number of ether oxygens (including phenoxy) is 3. The molecule has 0 spiro atoms. The second kappa shape index (κ2) is 12.2. The summed E-state index contributed by atoms with van der Waals surface area (Å²) in [6.07, 6.45) is 3.08. The zero-order chi connectivity index (χ0) is 27.1. The topological polar surface area (TPSA) is 77.9 Å². The smallest absolute Gasteiger partial charge is 0.339 e. The predicted molar refractivity (Wildman–Crippen MR) is 137 cm³/mol. The molecule has 3 aromatic carbocycles. The molecule has 0 fully saturated rings. The third kappa shape index (κ3) is 6.49. The number of carboxylic acids is 1. The molecule has 38 heavy (non-hydrogen) atoms. The van der Waals surface area contributed by atoms with Crippen LogP contribution in [-0.4, -0.2) is 36.1 Å². The van der Waals surface area contributed by atoms with Gasteiger partial charge in [0.1, 0.15) is 29.8 Å². The van der Waals surface area contributed by atoms with Crippen LogP contribution in [0.15, 0.2) is 66.7 Å². The molecular weight excluding hydrogens is 499 g/mol. The van der Waals surface area contributed by atoms with Crippen molar-refractivity contribution < 1.29 is 37.3 Å². The molecule has 4 rings (SSSR count). The molecule has 9 heteroatoms. The Morgan fingerprint density at radius 3 is 2.58 bits per heavy atom. The number of nitrogens with zero attached hydrogens (tertiary/aromatic N) is 1. The van der Waals surface area contributed by atoms with Crippen LogP contribution in [0.25, 0.3) is 23.1 Å². The predicted octanol–water partition coefficient (Wildman–Crippen LogP) is 6.84. The average Bonchev–Trinajstić information content (AvgIpc) is 2.91. The molecule has 0 saturated carbocycles. The lowest BCUT2D eigenvalue weighted by Gasteiger charge is -2.19. The first kappa shape index (κ1) is 26.7. The Morgan fingerprint density at radius 1 is 1.00 bits per heavy atom. The van der Waals surface area contributed by atoms with Crippen molar-refractivity contribution in [1.29, 1.82) is 0 Å². The maximum absolute atomic E-state index is 13.6. The first-order chi connectivity index (χ1) is 18.4. The third-order valence-corrected chi connectivity index (χ3v) is 5.64. The van der Waals surface area contributed by atoms with Gasteiger partial charge in [-0.05, 0) is 60.5 Å². The van der Waals surface area contributed by atoms with E-state index in [4.69, 9.17) is 14.2 Å². The number of rotatable bonds is 11. The fraction of sp³-hybridized carbons (Fsp3) is 0.172. The van der Waals surface area contributed by atoms with Crippen LogP contribution in [-0.2, 0) is 4.74 Å². The molecule has 1 N–H and O–H groups in total. The standard InChI is InChI=1S/C29H24F3NO5/c1-2-36-28(16-37-27-11-10-22(38-17-30)14-23(27)29(34)35)20-5-3-4-18(12-20)6-8-21-9-7-19-13-24(31)25(32)15-26(19)33-21/h3-15,28H,2,16-17H2,1H3,(H,34,35)/b8-6+/t28-/m0/s1. The third-order valence-electron chi connectivity index (χ3n) is 5.64. The summed E-state index contributed by atoms with van der Waals surface area (Å²) in [6.45, 7) is 1.18. The van der Waals surface area contributed by atoms with E-state index >= 15 is 0 Å². The molecule has 6 nitrogen and oxygen atoms in total. The molecule has 196 valence electrons.